The van der Waals surface area contributed by atoms with Crippen LogP contribution >= 0.6 is 0 Å². The second kappa shape index (κ2) is 5.76. The summed E-state index contributed by atoms with van der Waals surface area (Å²) in [6, 6.07) is 6.96. The third-order valence-corrected chi connectivity index (χ3v) is 5.23. The minimum Gasteiger partial charge on any atom is -0.328 e. The number of aromatic nitrogens is 3. The first-order chi connectivity index (χ1) is 12.4. The van der Waals surface area contributed by atoms with Crippen LogP contribution < -0.4 is 0 Å². The molecule has 0 fully saturated rings. The molecule has 1 aromatic carbocycles. The second-order valence-electron chi connectivity index (χ2n) is 6.83. The predicted octanol–water partition coefficient (Wildman–Crippen LogP) is 3.01. The smallest absolute Gasteiger partial charge is 0.255 e. The number of carbonyl (C=O) groups excluding carboxylic acids is 2. The van der Waals surface area contributed by atoms with Gasteiger partial charge in [0, 0.05) is 22.5 Å². The van der Waals surface area contributed by atoms with Crippen LogP contribution in [0.25, 0.3) is 5.65 Å². The number of aryl methyl sites for hydroxylation is 2. The molecule has 0 spiro atoms. The van der Waals surface area contributed by atoms with Crippen LogP contribution in [0.5, 0.6) is 0 Å². The number of fused-ring (bicyclic) bond motifs is 3. The van der Waals surface area contributed by atoms with Gasteiger partial charge in [-0.1, -0.05) is 18.2 Å². The topological polar surface area (TPSA) is 67.6 Å². The lowest BCUT2D eigenvalue weighted by Gasteiger charge is -2.17. The third kappa shape index (κ3) is 2.33. The molecule has 1 amide bonds. The molecule has 26 heavy (non-hydrogen) atoms. The van der Waals surface area contributed by atoms with Gasteiger partial charge in [0.05, 0.1) is 24.3 Å². The van der Waals surface area contributed by atoms with Crippen LogP contribution in [0.2, 0.25) is 0 Å². The summed E-state index contributed by atoms with van der Waals surface area (Å²) < 4.78 is 1.87. The van der Waals surface area contributed by atoms with E-state index in [9.17, 15) is 9.59 Å². The number of amides is 1. The van der Waals surface area contributed by atoms with Crippen molar-refractivity contribution in [2.45, 2.75) is 40.8 Å². The van der Waals surface area contributed by atoms with Crippen molar-refractivity contribution in [1.82, 2.24) is 19.5 Å². The van der Waals surface area contributed by atoms with E-state index in [-0.39, 0.29) is 11.7 Å². The van der Waals surface area contributed by atoms with Gasteiger partial charge in [0.25, 0.3) is 5.91 Å². The monoisotopic (exact) mass is 348 g/mol. The number of rotatable bonds is 2. The average molecular weight is 348 g/mol. The van der Waals surface area contributed by atoms with Crippen LogP contribution in [-0.4, -0.2) is 31.2 Å². The number of carbonyl (C=O) groups is 2. The average Bonchev–Trinajstić information content (AvgIpc) is 3.18. The molecule has 0 radical (unpaired) electrons. The van der Waals surface area contributed by atoms with Crippen molar-refractivity contribution in [1.29, 1.82) is 0 Å². The van der Waals surface area contributed by atoms with Crippen molar-refractivity contribution < 1.29 is 9.59 Å². The number of hydrogen-bond donors (Lipinski definition) is 0. The lowest BCUT2D eigenvalue weighted by Crippen LogP contribution is -2.27. The lowest BCUT2D eigenvalue weighted by molar-refractivity contribution is 0.0745. The molecule has 0 saturated carbocycles. The third-order valence-electron chi connectivity index (χ3n) is 5.23. The molecule has 0 bridgehead atoms. The van der Waals surface area contributed by atoms with Gasteiger partial charge in [-0.05, 0) is 39.3 Å². The molecule has 0 N–H and O–H groups in total. The molecule has 6 heteroatoms. The van der Waals surface area contributed by atoms with E-state index >= 15 is 0 Å². The largest absolute Gasteiger partial charge is 0.328 e. The highest BCUT2D eigenvalue weighted by Crippen LogP contribution is 2.29. The molecular formula is C20H20N4O2. The van der Waals surface area contributed by atoms with Crippen LogP contribution in [-0.2, 0) is 13.1 Å². The second-order valence-corrected chi connectivity index (χ2v) is 6.83. The van der Waals surface area contributed by atoms with Gasteiger partial charge in [-0.25, -0.2) is 9.50 Å². The quantitative estimate of drug-likeness (QED) is 0.668. The van der Waals surface area contributed by atoms with Crippen molar-refractivity contribution >= 4 is 17.3 Å². The van der Waals surface area contributed by atoms with E-state index in [1.165, 1.54) is 6.92 Å². The van der Waals surface area contributed by atoms with Crippen LogP contribution in [0.3, 0.4) is 0 Å². The molecule has 1 aliphatic rings. The minimum absolute atomic E-state index is 0.109. The van der Waals surface area contributed by atoms with E-state index < -0.39 is 0 Å². The zero-order valence-corrected chi connectivity index (χ0v) is 15.3. The fraction of sp³-hybridized carbons (Fsp3) is 0.300. The maximum absolute atomic E-state index is 13.0. The first-order valence-electron chi connectivity index (χ1n) is 8.62. The van der Waals surface area contributed by atoms with Gasteiger partial charge in [-0.3, -0.25) is 9.59 Å². The molecule has 3 aromatic rings. The van der Waals surface area contributed by atoms with Gasteiger partial charge in [0.2, 0.25) is 0 Å². The summed E-state index contributed by atoms with van der Waals surface area (Å²) >= 11 is 0. The first-order valence-corrected chi connectivity index (χ1v) is 8.62. The summed E-state index contributed by atoms with van der Waals surface area (Å²) in [4.78, 5) is 31.2. The van der Waals surface area contributed by atoms with Crippen LogP contribution in [0.4, 0.5) is 0 Å². The van der Waals surface area contributed by atoms with E-state index in [1.54, 1.807) is 29.2 Å². The minimum atomic E-state index is -0.146. The highest BCUT2D eigenvalue weighted by molar-refractivity contribution is 6.07. The summed E-state index contributed by atoms with van der Waals surface area (Å²) in [5.41, 5.74) is 6.75. The standard InChI is InChI=1S/C20H20N4O2/c1-11-12(2)21-19-17-9-23(10-18(17)22-24(19)13(11)3)20(26)16-8-6-5-7-15(16)14(4)25/h5-8H,9-10H2,1-4H3. The molecule has 132 valence electrons. The number of hydrogen-bond acceptors (Lipinski definition) is 4. The van der Waals surface area contributed by atoms with Crippen molar-refractivity contribution in [3.8, 4) is 0 Å². The zero-order valence-electron chi connectivity index (χ0n) is 15.3. The van der Waals surface area contributed by atoms with E-state index in [4.69, 9.17) is 0 Å². The Kier molecular flexibility index (Phi) is 3.64. The first kappa shape index (κ1) is 16.4. The van der Waals surface area contributed by atoms with Gasteiger partial charge in [-0.2, -0.15) is 5.10 Å². The Morgan fingerprint density at radius 1 is 1.04 bits per heavy atom. The molecule has 0 atom stereocenters. The van der Waals surface area contributed by atoms with Gasteiger partial charge < -0.3 is 4.90 Å². The predicted molar refractivity (Wildman–Crippen MR) is 97.2 cm³/mol. The fourth-order valence-electron chi connectivity index (χ4n) is 3.50. The number of Topliss-reactive ketones (excluding diaryl/α,β-unsaturated/α-hetero) is 1. The molecule has 0 unspecified atom stereocenters. The van der Waals surface area contributed by atoms with Crippen LogP contribution in [0.1, 0.15) is 55.8 Å². The zero-order chi connectivity index (χ0) is 18.6. The van der Waals surface area contributed by atoms with E-state index in [2.05, 4.69) is 10.1 Å². The molecule has 0 saturated heterocycles. The molecule has 0 aliphatic carbocycles. The Hall–Kier alpha value is -3.02. The SMILES string of the molecule is CC(=O)c1ccccc1C(=O)N1Cc2nn3c(C)c(C)c(C)nc3c2C1. The maximum Gasteiger partial charge on any atom is 0.255 e. The summed E-state index contributed by atoms with van der Waals surface area (Å²) in [5.74, 6) is -0.255. The Balaban J connectivity index is 1.72. The molecule has 2 aromatic heterocycles. The van der Waals surface area contributed by atoms with Gasteiger partial charge in [0.15, 0.2) is 11.4 Å². The fourth-order valence-corrected chi connectivity index (χ4v) is 3.50. The highest BCUT2D eigenvalue weighted by atomic mass is 16.2. The maximum atomic E-state index is 13.0. The molecule has 3 heterocycles. The van der Waals surface area contributed by atoms with Crippen molar-refractivity contribution in [3.63, 3.8) is 0 Å². The summed E-state index contributed by atoms with van der Waals surface area (Å²) in [6.45, 7) is 8.43. The lowest BCUT2D eigenvalue weighted by atomic mass is 10.0. The Labute approximate surface area is 151 Å². The summed E-state index contributed by atoms with van der Waals surface area (Å²) in [7, 11) is 0. The Morgan fingerprint density at radius 3 is 2.42 bits per heavy atom. The van der Waals surface area contributed by atoms with Crippen molar-refractivity contribution in [2.75, 3.05) is 0 Å². The van der Waals surface area contributed by atoms with E-state index in [1.807, 2.05) is 25.3 Å². The summed E-state index contributed by atoms with van der Waals surface area (Å²) in [5, 5.41) is 4.67. The van der Waals surface area contributed by atoms with Gasteiger partial charge in [-0.15, -0.1) is 0 Å². The molecule has 1 aliphatic heterocycles. The number of benzene rings is 1. The highest BCUT2D eigenvalue weighted by Gasteiger charge is 2.31. The molecule has 6 nitrogen and oxygen atoms in total. The normalized spacial score (nSPS) is 13.3. The van der Waals surface area contributed by atoms with Crippen molar-refractivity contribution in [3.05, 3.63) is 63.6 Å². The number of nitrogens with zero attached hydrogens (tertiary/aromatic N) is 4. The Bertz CT molecular complexity index is 1080. The number of ketones is 1. The van der Waals surface area contributed by atoms with Crippen LogP contribution in [0.15, 0.2) is 24.3 Å². The molecular weight excluding hydrogens is 328 g/mol. The Morgan fingerprint density at radius 2 is 1.73 bits per heavy atom. The van der Waals surface area contributed by atoms with E-state index in [0.29, 0.717) is 24.2 Å². The molecule has 4 rings (SSSR count). The summed E-state index contributed by atoms with van der Waals surface area (Å²) in [6.07, 6.45) is 0. The van der Waals surface area contributed by atoms with Gasteiger partial charge >= 0.3 is 0 Å². The van der Waals surface area contributed by atoms with Crippen molar-refractivity contribution in [2.24, 2.45) is 0 Å². The van der Waals surface area contributed by atoms with Crippen LogP contribution in [0, 0.1) is 20.8 Å². The van der Waals surface area contributed by atoms with E-state index in [0.717, 1.165) is 33.9 Å². The van der Waals surface area contributed by atoms with Gasteiger partial charge in [0.1, 0.15) is 0 Å².